The van der Waals surface area contributed by atoms with Gasteiger partial charge < -0.3 is 5.32 Å². The van der Waals surface area contributed by atoms with E-state index in [0.717, 1.165) is 11.3 Å². The summed E-state index contributed by atoms with van der Waals surface area (Å²) in [7, 11) is 0. The minimum Gasteiger partial charge on any atom is -0.324 e. The fraction of sp³-hybridized carbons (Fsp3) is 0.176. The Labute approximate surface area is 164 Å². The lowest BCUT2D eigenvalue weighted by Gasteiger charge is -2.13. The molecule has 1 aromatic heterocycles. The van der Waals surface area contributed by atoms with E-state index in [1.165, 1.54) is 11.8 Å². The number of hydrogen-bond donors (Lipinski definition) is 1. The Morgan fingerprint density at radius 2 is 2.04 bits per heavy atom. The second kappa shape index (κ2) is 8.07. The van der Waals surface area contributed by atoms with Gasteiger partial charge in [-0.25, -0.2) is 0 Å². The third kappa shape index (κ3) is 4.35. The molecule has 0 bridgehead atoms. The molecule has 0 saturated carbocycles. The average Bonchev–Trinajstić information content (AvgIpc) is 3.05. The Morgan fingerprint density at radius 3 is 2.77 bits per heavy atom. The van der Waals surface area contributed by atoms with Crippen LogP contribution in [0.25, 0.3) is 5.69 Å². The molecule has 3 aromatic rings. The third-order valence-electron chi connectivity index (χ3n) is 3.53. The van der Waals surface area contributed by atoms with Gasteiger partial charge in [-0.05, 0) is 60.2 Å². The van der Waals surface area contributed by atoms with Crippen LogP contribution in [0, 0.1) is 6.92 Å². The van der Waals surface area contributed by atoms with Crippen molar-refractivity contribution in [2.45, 2.75) is 24.3 Å². The summed E-state index contributed by atoms with van der Waals surface area (Å²) in [6, 6.07) is 12.7. The van der Waals surface area contributed by atoms with Gasteiger partial charge in [0.15, 0.2) is 0 Å². The van der Waals surface area contributed by atoms with Crippen molar-refractivity contribution in [2.75, 3.05) is 5.32 Å². The summed E-state index contributed by atoms with van der Waals surface area (Å²) in [4.78, 5) is 12.5. The molecule has 0 aliphatic heterocycles. The van der Waals surface area contributed by atoms with Gasteiger partial charge in [0.25, 0.3) is 0 Å². The number of amides is 1. The molecule has 1 unspecified atom stereocenters. The summed E-state index contributed by atoms with van der Waals surface area (Å²) in [6.07, 6.45) is 0. The summed E-state index contributed by atoms with van der Waals surface area (Å²) in [5, 5.41) is 15.5. The minimum absolute atomic E-state index is 0.210. The lowest BCUT2D eigenvalue weighted by molar-refractivity contribution is -0.115. The van der Waals surface area contributed by atoms with Crippen molar-refractivity contribution in [1.29, 1.82) is 0 Å². The van der Waals surface area contributed by atoms with Crippen LogP contribution >= 0.6 is 35.0 Å². The Hall–Kier alpha value is -2.09. The SMILES string of the molecule is Cc1cccc(-n2nnnc2SC(C)C(=O)Nc2ccc(Cl)cc2Cl)c1. The van der Waals surface area contributed by atoms with Crippen LogP contribution in [0.5, 0.6) is 0 Å². The van der Waals surface area contributed by atoms with Gasteiger partial charge in [0.2, 0.25) is 11.1 Å². The molecule has 1 amide bonds. The largest absolute Gasteiger partial charge is 0.324 e. The second-order valence-electron chi connectivity index (χ2n) is 5.59. The number of carbonyl (C=O) groups is 1. The number of benzene rings is 2. The summed E-state index contributed by atoms with van der Waals surface area (Å²) in [5.41, 5.74) is 2.44. The molecule has 3 rings (SSSR count). The maximum Gasteiger partial charge on any atom is 0.237 e. The molecule has 1 atom stereocenters. The molecule has 0 spiro atoms. The third-order valence-corrected chi connectivity index (χ3v) is 5.11. The molecule has 1 N–H and O–H groups in total. The molecule has 0 aliphatic rings. The predicted molar refractivity (Wildman–Crippen MR) is 104 cm³/mol. The van der Waals surface area contributed by atoms with E-state index in [4.69, 9.17) is 23.2 Å². The highest BCUT2D eigenvalue weighted by atomic mass is 35.5. The fourth-order valence-electron chi connectivity index (χ4n) is 2.21. The summed E-state index contributed by atoms with van der Waals surface area (Å²) in [6.45, 7) is 3.77. The Morgan fingerprint density at radius 1 is 1.23 bits per heavy atom. The van der Waals surface area contributed by atoms with Crippen molar-refractivity contribution in [1.82, 2.24) is 20.2 Å². The number of nitrogens with one attached hydrogen (secondary N) is 1. The van der Waals surface area contributed by atoms with Gasteiger partial charge in [0.1, 0.15) is 0 Å². The van der Waals surface area contributed by atoms with Gasteiger partial charge in [-0.2, -0.15) is 4.68 Å². The first-order chi connectivity index (χ1) is 12.4. The first-order valence-corrected chi connectivity index (χ1v) is 9.35. The number of thioether (sulfide) groups is 1. The van der Waals surface area contributed by atoms with Crippen LogP contribution in [0.4, 0.5) is 5.69 Å². The Bertz CT molecular complexity index is 946. The van der Waals surface area contributed by atoms with E-state index in [-0.39, 0.29) is 5.91 Å². The van der Waals surface area contributed by atoms with Crippen LogP contribution in [-0.4, -0.2) is 31.4 Å². The zero-order chi connectivity index (χ0) is 18.7. The van der Waals surface area contributed by atoms with Gasteiger partial charge in [0, 0.05) is 5.02 Å². The lowest BCUT2D eigenvalue weighted by Crippen LogP contribution is -2.23. The molecule has 0 radical (unpaired) electrons. The van der Waals surface area contributed by atoms with E-state index in [9.17, 15) is 4.79 Å². The molecular weight excluding hydrogens is 393 g/mol. The van der Waals surface area contributed by atoms with Gasteiger partial charge in [0.05, 0.1) is 21.6 Å². The van der Waals surface area contributed by atoms with Crippen molar-refractivity contribution in [2.24, 2.45) is 0 Å². The van der Waals surface area contributed by atoms with Crippen molar-refractivity contribution < 1.29 is 4.79 Å². The molecule has 2 aromatic carbocycles. The zero-order valence-electron chi connectivity index (χ0n) is 14.0. The second-order valence-corrected chi connectivity index (χ2v) is 7.74. The van der Waals surface area contributed by atoms with E-state index in [0.29, 0.717) is 20.9 Å². The highest BCUT2D eigenvalue weighted by Gasteiger charge is 2.20. The highest BCUT2D eigenvalue weighted by molar-refractivity contribution is 8.00. The van der Waals surface area contributed by atoms with Crippen LogP contribution in [0.2, 0.25) is 10.0 Å². The van der Waals surface area contributed by atoms with Crippen molar-refractivity contribution >= 4 is 46.6 Å². The first kappa shape index (κ1) is 18.7. The normalized spacial score (nSPS) is 12.0. The van der Waals surface area contributed by atoms with Crippen LogP contribution in [-0.2, 0) is 4.79 Å². The average molecular weight is 408 g/mol. The molecular formula is C17H15Cl2N5OS. The molecule has 26 heavy (non-hydrogen) atoms. The number of rotatable bonds is 5. The van der Waals surface area contributed by atoms with E-state index in [1.807, 2.05) is 31.2 Å². The summed E-state index contributed by atoms with van der Waals surface area (Å²) in [5.74, 6) is -0.210. The standard InChI is InChI=1S/C17H15Cl2N5OS/c1-10-4-3-5-13(8-10)24-17(21-22-23-24)26-11(2)16(25)20-15-7-6-12(18)9-14(15)19/h3-9,11H,1-2H3,(H,20,25). The van der Waals surface area contributed by atoms with E-state index in [1.54, 1.807) is 29.8 Å². The van der Waals surface area contributed by atoms with Crippen molar-refractivity contribution in [3.8, 4) is 5.69 Å². The number of anilines is 1. The topological polar surface area (TPSA) is 72.7 Å². The molecule has 0 saturated heterocycles. The molecule has 1 heterocycles. The van der Waals surface area contributed by atoms with E-state index >= 15 is 0 Å². The maximum atomic E-state index is 12.5. The molecule has 9 heteroatoms. The quantitative estimate of drug-likeness (QED) is 0.634. The number of halogens is 2. The molecule has 134 valence electrons. The fourth-order valence-corrected chi connectivity index (χ4v) is 3.47. The van der Waals surface area contributed by atoms with Crippen LogP contribution in [0.1, 0.15) is 12.5 Å². The number of nitrogens with zero attached hydrogens (tertiary/aromatic N) is 4. The predicted octanol–water partition coefficient (Wildman–Crippen LogP) is 4.40. The van der Waals surface area contributed by atoms with Gasteiger partial charge in [-0.1, -0.05) is 47.1 Å². The zero-order valence-corrected chi connectivity index (χ0v) is 16.3. The minimum atomic E-state index is -0.434. The molecule has 0 fully saturated rings. The number of aryl methyl sites for hydroxylation is 1. The monoisotopic (exact) mass is 407 g/mol. The Balaban J connectivity index is 1.73. The van der Waals surface area contributed by atoms with E-state index < -0.39 is 5.25 Å². The van der Waals surface area contributed by atoms with Crippen molar-refractivity contribution in [3.63, 3.8) is 0 Å². The van der Waals surface area contributed by atoms with E-state index in [2.05, 4.69) is 20.8 Å². The van der Waals surface area contributed by atoms with Crippen molar-refractivity contribution in [3.05, 3.63) is 58.1 Å². The number of carbonyl (C=O) groups excluding carboxylic acids is 1. The first-order valence-electron chi connectivity index (χ1n) is 7.72. The van der Waals surface area contributed by atoms with Crippen LogP contribution in [0.3, 0.4) is 0 Å². The highest BCUT2D eigenvalue weighted by Crippen LogP contribution is 2.28. The van der Waals surface area contributed by atoms with Crippen LogP contribution in [0.15, 0.2) is 47.6 Å². The molecule has 0 aliphatic carbocycles. The smallest absolute Gasteiger partial charge is 0.237 e. The Kier molecular flexibility index (Phi) is 5.80. The summed E-state index contributed by atoms with van der Waals surface area (Å²) < 4.78 is 1.61. The van der Waals surface area contributed by atoms with Crippen LogP contribution < -0.4 is 5.32 Å². The lowest BCUT2D eigenvalue weighted by atomic mass is 10.2. The van der Waals surface area contributed by atoms with Gasteiger partial charge in [-0.3, -0.25) is 4.79 Å². The maximum absolute atomic E-state index is 12.5. The number of hydrogen-bond acceptors (Lipinski definition) is 5. The van der Waals surface area contributed by atoms with Gasteiger partial charge >= 0.3 is 0 Å². The molecule has 6 nitrogen and oxygen atoms in total. The summed E-state index contributed by atoms with van der Waals surface area (Å²) >= 11 is 13.2. The number of tetrazole rings is 1. The van der Waals surface area contributed by atoms with Gasteiger partial charge in [-0.15, -0.1) is 5.10 Å². The number of aromatic nitrogens is 4.